The highest BCUT2D eigenvalue weighted by Crippen LogP contribution is 2.25. The number of rotatable bonds is 4. The predicted molar refractivity (Wildman–Crippen MR) is 82.5 cm³/mol. The minimum absolute atomic E-state index is 0.195. The Kier molecular flexibility index (Phi) is 4.39. The SMILES string of the molecule is COc1ccc(NS(=O)(=O)c2cc(C)c(Cl)cc2C)cn1. The van der Waals surface area contributed by atoms with Gasteiger partial charge in [-0.3, -0.25) is 4.72 Å². The van der Waals surface area contributed by atoms with Crippen LogP contribution in [0.1, 0.15) is 11.1 Å². The Balaban J connectivity index is 2.35. The number of ether oxygens (including phenoxy) is 1. The first-order valence-corrected chi connectivity index (χ1v) is 7.99. The quantitative estimate of drug-likeness (QED) is 0.937. The smallest absolute Gasteiger partial charge is 0.262 e. The van der Waals surface area contributed by atoms with Crippen molar-refractivity contribution in [3.05, 3.63) is 46.6 Å². The zero-order valence-corrected chi connectivity index (χ0v) is 13.4. The van der Waals surface area contributed by atoms with E-state index >= 15 is 0 Å². The average Bonchev–Trinajstić information content (AvgIpc) is 2.43. The van der Waals surface area contributed by atoms with Crippen LogP contribution in [0.15, 0.2) is 35.4 Å². The van der Waals surface area contributed by atoms with Gasteiger partial charge in [0, 0.05) is 11.1 Å². The second-order valence-corrected chi connectivity index (χ2v) is 6.62. The fourth-order valence-electron chi connectivity index (χ4n) is 1.82. The number of nitrogens with zero attached hydrogens (tertiary/aromatic N) is 1. The number of benzene rings is 1. The molecule has 1 N–H and O–H groups in total. The lowest BCUT2D eigenvalue weighted by atomic mass is 10.2. The van der Waals surface area contributed by atoms with E-state index in [1.54, 1.807) is 38.1 Å². The summed E-state index contributed by atoms with van der Waals surface area (Å²) in [5.41, 5.74) is 1.65. The van der Waals surface area contributed by atoms with Crippen LogP contribution in [0.25, 0.3) is 0 Å². The molecule has 0 saturated carbocycles. The number of hydrogen-bond acceptors (Lipinski definition) is 4. The summed E-state index contributed by atoms with van der Waals surface area (Å²) < 4.78 is 32.3. The van der Waals surface area contributed by atoms with E-state index in [4.69, 9.17) is 16.3 Å². The van der Waals surface area contributed by atoms with Gasteiger partial charge in [-0.1, -0.05) is 11.6 Å². The van der Waals surface area contributed by atoms with Crippen LogP contribution >= 0.6 is 11.6 Å². The van der Waals surface area contributed by atoms with Crippen molar-refractivity contribution in [3.8, 4) is 5.88 Å². The number of hydrogen-bond donors (Lipinski definition) is 1. The summed E-state index contributed by atoms with van der Waals surface area (Å²) in [5.74, 6) is 0.413. The van der Waals surface area contributed by atoms with Crippen molar-refractivity contribution in [3.63, 3.8) is 0 Å². The molecule has 0 spiro atoms. The van der Waals surface area contributed by atoms with E-state index in [1.807, 2.05) is 0 Å². The molecule has 0 bridgehead atoms. The van der Waals surface area contributed by atoms with Gasteiger partial charge in [-0.25, -0.2) is 13.4 Å². The standard InChI is InChI=1S/C14H15ClN2O3S/c1-9-7-13(10(2)6-12(9)15)21(18,19)17-11-4-5-14(20-3)16-8-11/h4-8,17H,1-3H3. The molecule has 21 heavy (non-hydrogen) atoms. The Morgan fingerprint density at radius 2 is 1.90 bits per heavy atom. The van der Waals surface area contributed by atoms with Gasteiger partial charge in [0.25, 0.3) is 10.0 Å². The van der Waals surface area contributed by atoms with Crippen LogP contribution in [-0.2, 0) is 10.0 Å². The molecule has 0 aliphatic rings. The van der Waals surface area contributed by atoms with Gasteiger partial charge in [0.05, 0.1) is 23.9 Å². The third kappa shape index (κ3) is 3.46. The van der Waals surface area contributed by atoms with E-state index in [2.05, 4.69) is 9.71 Å². The average molecular weight is 327 g/mol. The maximum Gasteiger partial charge on any atom is 0.262 e. The molecular weight excluding hydrogens is 312 g/mol. The topological polar surface area (TPSA) is 68.3 Å². The van der Waals surface area contributed by atoms with Crippen LogP contribution in [0.5, 0.6) is 5.88 Å². The molecule has 0 amide bonds. The number of pyridine rings is 1. The fraction of sp³-hybridized carbons (Fsp3) is 0.214. The summed E-state index contributed by atoms with van der Waals surface area (Å²) in [4.78, 5) is 4.15. The molecule has 1 aromatic carbocycles. The van der Waals surface area contributed by atoms with Gasteiger partial charge in [-0.2, -0.15) is 0 Å². The lowest BCUT2D eigenvalue weighted by Crippen LogP contribution is -2.14. The van der Waals surface area contributed by atoms with Gasteiger partial charge in [-0.15, -0.1) is 0 Å². The van der Waals surface area contributed by atoms with Crippen LogP contribution in [0.3, 0.4) is 0 Å². The molecule has 0 aliphatic carbocycles. The van der Waals surface area contributed by atoms with Crippen molar-refractivity contribution in [2.24, 2.45) is 0 Å². The van der Waals surface area contributed by atoms with Gasteiger partial charge in [-0.05, 0) is 43.2 Å². The van der Waals surface area contributed by atoms with Gasteiger partial charge in [0.15, 0.2) is 0 Å². The molecule has 0 fully saturated rings. The summed E-state index contributed by atoms with van der Waals surface area (Å²) in [6, 6.07) is 6.36. The molecule has 1 heterocycles. The van der Waals surface area contributed by atoms with Crippen LogP contribution in [0.4, 0.5) is 5.69 Å². The summed E-state index contributed by atoms with van der Waals surface area (Å²) in [7, 11) is -2.20. The Labute approximate surface area is 129 Å². The van der Waals surface area contributed by atoms with Crippen LogP contribution < -0.4 is 9.46 Å². The predicted octanol–water partition coefficient (Wildman–Crippen LogP) is 3.16. The lowest BCUT2D eigenvalue weighted by Gasteiger charge is -2.12. The maximum absolute atomic E-state index is 12.4. The number of sulfonamides is 1. The first-order valence-electron chi connectivity index (χ1n) is 6.13. The Morgan fingerprint density at radius 1 is 1.19 bits per heavy atom. The van der Waals surface area contributed by atoms with Gasteiger partial charge in [0.1, 0.15) is 0 Å². The number of halogens is 1. The molecule has 0 radical (unpaired) electrons. The number of aromatic nitrogens is 1. The normalized spacial score (nSPS) is 11.2. The zero-order chi connectivity index (χ0) is 15.6. The van der Waals surface area contributed by atoms with Gasteiger partial charge >= 0.3 is 0 Å². The highest BCUT2D eigenvalue weighted by Gasteiger charge is 2.18. The van der Waals surface area contributed by atoms with Gasteiger partial charge < -0.3 is 4.74 Å². The highest BCUT2D eigenvalue weighted by molar-refractivity contribution is 7.92. The second kappa shape index (κ2) is 5.91. The summed E-state index contributed by atoms with van der Waals surface area (Å²) in [6.45, 7) is 3.46. The Hall–Kier alpha value is -1.79. The third-order valence-corrected chi connectivity index (χ3v) is 4.87. The maximum atomic E-state index is 12.4. The Bertz CT molecular complexity index is 759. The molecular formula is C14H15ClN2O3S. The zero-order valence-electron chi connectivity index (χ0n) is 11.8. The van der Waals surface area contributed by atoms with Crippen LogP contribution in [0.2, 0.25) is 5.02 Å². The number of nitrogens with one attached hydrogen (secondary N) is 1. The van der Waals surface area contributed by atoms with Crippen LogP contribution in [0, 0.1) is 13.8 Å². The van der Waals surface area contributed by atoms with Crippen LogP contribution in [-0.4, -0.2) is 20.5 Å². The van der Waals surface area contributed by atoms with Gasteiger partial charge in [0.2, 0.25) is 5.88 Å². The van der Waals surface area contributed by atoms with Crippen molar-refractivity contribution in [1.29, 1.82) is 0 Å². The lowest BCUT2D eigenvalue weighted by molar-refractivity contribution is 0.398. The number of aryl methyl sites for hydroxylation is 2. The van der Waals surface area contributed by atoms with Crippen molar-refractivity contribution in [1.82, 2.24) is 4.98 Å². The van der Waals surface area contributed by atoms with E-state index in [0.717, 1.165) is 0 Å². The first-order chi connectivity index (χ1) is 9.83. The molecule has 7 heteroatoms. The first kappa shape index (κ1) is 15.6. The van der Waals surface area contributed by atoms with Crippen molar-refractivity contribution in [2.75, 3.05) is 11.8 Å². The minimum atomic E-state index is -3.69. The molecule has 0 saturated heterocycles. The van der Waals surface area contributed by atoms with E-state index < -0.39 is 10.0 Å². The largest absolute Gasteiger partial charge is 0.481 e. The molecule has 0 atom stereocenters. The molecule has 1 aromatic heterocycles. The minimum Gasteiger partial charge on any atom is -0.481 e. The monoisotopic (exact) mass is 326 g/mol. The van der Waals surface area contributed by atoms with E-state index in [1.165, 1.54) is 13.3 Å². The molecule has 2 aromatic rings. The summed E-state index contributed by atoms with van der Waals surface area (Å²) in [5, 5.41) is 0.539. The highest BCUT2D eigenvalue weighted by atomic mass is 35.5. The molecule has 0 aliphatic heterocycles. The molecule has 112 valence electrons. The van der Waals surface area contributed by atoms with Crippen molar-refractivity contribution >= 4 is 27.3 Å². The molecule has 0 unspecified atom stereocenters. The van der Waals surface area contributed by atoms with E-state index in [9.17, 15) is 8.42 Å². The molecule has 5 nitrogen and oxygen atoms in total. The number of methoxy groups -OCH3 is 1. The van der Waals surface area contributed by atoms with Crippen molar-refractivity contribution in [2.45, 2.75) is 18.7 Å². The van der Waals surface area contributed by atoms with E-state index in [0.29, 0.717) is 27.7 Å². The Morgan fingerprint density at radius 3 is 2.48 bits per heavy atom. The fourth-order valence-corrected chi connectivity index (χ4v) is 3.39. The van der Waals surface area contributed by atoms with Crippen molar-refractivity contribution < 1.29 is 13.2 Å². The second-order valence-electron chi connectivity index (χ2n) is 4.56. The number of anilines is 1. The molecule has 2 rings (SSSR count). The third-order valence-electron chi connectivity index (χ3n) is 2.94. The summed E-state index contributed by atoms with van der Waals surface area (Å²) in [6.07, 6.45) is 1.40. The summed E-state index contributed by atoms with van der Waals surface area (Å²) >= 11 is 5.99. The van der Waals surface area contributed by atoms with E-state index in [-0.39, 0.29) is 4.90 Å².